The molecule has 25 heavy (non-hydrogen) atoms. The van der Waals surface area contributed by atoms with Crippen molar-refractivity contribution < 1.29 is 4.74 Å². The van der Waals surface area contributed by atoms with Gasteiger partial charge in [-0.25, -0.2) is 0 Å². The van der Waals surface area contributed by atoms with Gasteiger partial charge in [0.1, 0.15) is 5.75 Å². The van der Waals surface area contributed by atoms with Crippen molar-refractivity contribution in [1.82, 2.24) is 4.90 Å². The molecule has 0 aliphatic heterocycles. The summed E-state index contributed by atoms with van der Waals surface area (Å²) in [4.78, 5) is 4.65. The molecule has 0 aliphatic carbocycles. The number of ether oxygens (including phenoxy) is 1. The Morgan fingerprint density at radius 1 is 1.08 bits per heavy atom. The minimum absolute atomic E-state index is 0.470. The maximum Gasteiger partial charge on any atom is 0.124 e. The predicted molar refractivity (Wildman–Crippen MR) is 112 cm³/mol. The Hall–Kier alpha value is -1.66. The standard InChI is InChI=1S/C20H32N2O.C2H6/c1-7-9-10-13-21(5)14-15-22(8-2)18-11-12-19(17(3)4)20(16-18)23-6;1-2/h11-12,16-17H,7-8,13-15H2,1-6H3;1-2H3. The first-order valence-corrected chi connectivity index (χ1v) is 9.60. The number of hydrogen-bond acceptors (Lipinski definition) is 3. The van der Waals surface area contributed by atoms with Crippen LogP contribution in [0.3, 0.4) is 0 Å². The zero-order chi connectivity index (χ0) is 19.2. The first-order valence-electron chi connectivity index (χ1n) is 9.60. The number of hydrogen-bond donors (Lipinski definition) is 0. The van der Waals surface area contributed by atoms with Crippen LogP contribution in [0.2, 0.25) is 0 Å². The lowest BCUT2D eigenvalue weighted by Crippen LogP contribution is -2.33. The van der Waals surface area contributed by atoms with Crippen LogP contribution in [-0.2, 0) is 0 Å². The number of likely N-dealkylation sites (N-methyl/N-ethyl adjacent to an activating group) is 2. The zero-order valence-electron chi connectivity index (χ0n) is 17.6. The highest BCUT2D eigenvalue weighted by Crippen LogP contribution is 2.30. The summed E-state index contributed by atoms with van der Waals surface area (Å²) in [7, 11) is 3.88. The first kappa shape index (κ1) is 23.3. The highest BCUT2D eigenvalue weighted by molar-refractivity contribution is 5.54. The molecule has 0 saturated heterocycles. The first-order chi connectivity index (χ1) is 12.0. The van der Waals surface area contributed by atoms with Crippen molar-refractivity contribution in [1.29, 1.82) is 0 Å². The Balaban J connectivity index is 0.00000277. The summed E-state index contributed by atoms with van der Waals surface area (Å²) in [6.07, 6.45) is 0.927. The van der Waals surface area contributed by atoms with Crippen LogP contribution in [0.5, 0.6) is 5.75 Å². The molecule has 0 saturated carbocycles. The molecule has 142 valence electrons. The van der Waals surface area contributed by atoms with Crippen molar-refractivity contribution in [3.63, 3.8) is 0 Å². The third-order valence-electron chi connectivity index (χ3n) is 3.99. The Bertz CT molecular complexity index is 529. The average Bonchev–Trinajstić information content (AvgIpc) is 2.63. The third-order valence-corrected chi connectivity index (χ3v) is 3.99. The fourth-order valence-corrected chi connectivity index (χ4v) is 2.53. The Labute approximate surface area is 156 Å². The van der Waals surface area contributed by atoms with Crippen LogP contribution in [0.15, 0.2) is 18.2 Å². The third kappa shape index (κ3) is 8.31. The number of anilines is 1. The van der Waals surface area contributed by atoms with E-state index in [-0.39, 0.29) is 0 Å². The van der Waals surface area contributed by atoms with Gasteiger partial charge in [-0.1, -0.05) is 46.6 Å². The SMILES string of the molecule is CC.CCC#CCN(C)CCN(CC)c1ccc(C(C)C)c(OC)c1. The fraction of sp³-hybridized carbons (Fsp3) is 0.636. The average molecular weight is 347 g/mol. The van der Waals surface area contributed by atoms with E-state index in [0.29, 0.717) is 5.92 Å². The molecule has 0 fully saturated rings. The molecule has 3 nitrogen and oxygen atoms in total. The van der Waals surface area contributed by atoms with Gasteiger partial charge >= 0.3 is 0 Å². The molecule has 1 aromatic rings. The molecule has 0 aliphatic rings. The van der Waals surface area contributed by atoms with Gasteiger partial charge in [0.25, 0.3) is 0 Å². The van der Waals surface area contributed by atoms with Crippen LogP contribution >= 0.6 is 0 Å². The van der Waals surface area contributed by atoms with Crippen molar-refractivity contribution in [2.24, 2.45) is 0 Å². The van der Waals surface area contributed by atoms with Crippen LogP contribution in [0.4, 0.5) is 5.69 Å². The normalized spacial score (nSPS) is 10.0. The molecule has 0 unspecified atom stereocenters. The molecule has 0 N–H and O–H groups in total. The Morgan fingerprint density at radius 2 is 1.76 bits per heavy atom. The van der Waals surface area contributed by atoms with Gasteiger partial charge in [0.05, 0.1) is 13.7 Å². The summed E-state index contributed by atoms with van der Waals surface area (Å²) in [5.74, 6) is 7.77. The van der Waals surface area contributed by atoms with Crippen LogP contribution in [0.25, 0.3) is 0 Å². The van der Waals surface area contributed by atoms with Gasteiger partial charge in [-0.05, 0) is 31.5 Å². The summed E-state index contributed by atoms with van der Waals surface area (Å²) in [6, 6.07) is 6.56. The molecule has 0 amide bonds. The van der Waals surface area contributed by atoms with E-state index in [1.54, 1.807) is 7.11 Å². The van der Waals surface area contributed by atoms with Gasteiger partial charge in [-0.3, -0.25) is 4.90 Å². The smallest absolute Gasteiger partial charge is 0.124 e. The van der Waals surface area contributed by atoms with Crippen molar-refractivity contribution in [2.45, 2.75) is 53.9 Å². The second-order valence-electron chi connectivity index (χ2n) is 6.11. The maximum absolute atomic E-state index is 5.58. The second-order valence-corrected chi connectivity index (χ2v) is 6.11. The van der Waals surface area contributed by atoms with E-state index >= 15 is 0 Å². The van der Waals surface area contributed by atoms with Crippen LogP contribution in [0.1, 0.15) is 59.4 Å². The topological polar surface area (TPSA) is 15.7 Å². The summed E-state index contributed by atoms with van der Waals surface area (Å²) in [5, 5.41) is 0. The van der Waals surface area contributed by atoms with Gasteiger partial charge in [0.2, 0.25) is 0 Å². The summed E-state index contributed by atoms with van der Waals surface area (Å²) in [5.41, 5.74) is 2.49. The van der Waals surface area contributed by atoms with E-state index in [4.69, 9.17) is 4.74 Å². The Morgan fingerprint density at radius 3 is 2.28 bits per heavy atom. The lowest BCUT2D eigenvalue weighted by Gasteiger charge is -2.26. The van der Waals surface area contributed by atoms with Crippen LogP contribution < -0.4 is 9.64 Å². The van der Waals surface area contributed by atoms with E-state index in [0.717, 1.165) is 38.3 Å². The molecule has 0 heterocycles. The number of nitrogens with zero attached hydrogens (tertiary/aromatic N) is 2. The van der Waals surface area contributed by atoms with Crippen molar-refractivity contribution in [3.8, 4) is 17.6 Å². The van der Waals surface area contributed by atoms with E-state index in [1.165, 1.54) is 11.3 Å². The summed E-state index contributed by atoms with van der Waals surface area (Å²) < 4.78 is 5.58. The van der Waals surface area contributed by atoms with Gasteiger partial charge in [-0.2, -0.15) is 0 Å². The molecule has 3 heteroatoms. The van der Waals surface area contributed by atoms with Crippen LogP contribution in [0, 0.1) is 11.8 Å². The quantitative estimate of drug-likeness (QED) is 0.615. The molecular formula is C22H38N2O. The van der Waals surface area contributed by atoms with Gasteiger partial charge in [-0.15, -0.1) is 5.92 Å². The predicted octanol–water partition coefficient (Wildman–Crippen LogP) is 5.02. The second kappa shape index (κ2) is 13.6. The lowest BCUT2D eigenvalue weighted by molar-refractivity contribution is 0.381. The highest BCUT2D eigenvalue weighted by atomic mass is 16.5. The van der Waals surface area contributed by atoms with Crippen LogP contribution in [-0.4, -0.2) is 45.2 Å². The molecular weight excluding hydrogens is 308 g/mol. The maximum atomic E-state index is 5.58. The number of methoxy groups -OCH3 is 1. The summed E-state index contributed by atoms with van der Waals surface area (Å²) in [6.45, 7) is 16.5. The lowest BCUT2D eigenvalue weighted by atomic mass is 10.0. The molecule has 1 aromatic carbocycles. The van der Waals surface area contributed by atoms with Gasteiger partial charge in [0, 0.05) is 37.8 Å². The molecule has 0 aromatic heterocycles. The van der Waals surface area contributed by atoms with E-state index < -0.39 is 0 Å². The minimum atomic E-state index is 0.470. The van der Waals surface area contributed by atoms with E-state index in [1.807, 2.05) is 13.8 Å². The van der Waals surface area contributed by atoms with Crippen molar-refractivity contribution in [2.75, 3.05) is 45.2 Å². The molecule has 0 spiro atoms. The minimum Gasteiger partial charge on any atom is -0.496 e. The molecule has 0 bridgehead atoms. The van der Waals surface area contributed by atoms with Crippen molar-refractivity contribution in [3.05, 3.63) is 23.8 Å². The van der Waals surface area contributed by atoms with Gasteiger partial charge < -0.3 is 9.64 Å². The number of benzene rings is 1. The zero-order valence-corrected chi connectivity index (χ0v) is 17.6. The largest absolute Gasteiger partial charge is 0.496 e. The van der Waals surface area contributed by atoms with Gasteiger partial charge in [0.15, 0.2) is 0 Å². The fourth-order valence-electron chi connectivity index (χ4n) is 2.53. The summed E-state index contributed by atoms with van der Waals surface area (Å²) >= 11 is 0. The molecule has 0 radical (unpaired) electrons. The van der Waals surface area contributed by atoms with E-state index in [2.05, 4.69) is 74.6 Å². The Kier molecular flexibility index (Phi) is 12.7. The number of rotatable bonds is 8. The highest BCUT2D eigenvalue weighted by Gasteiger charge is 2.11. The molecule has 0 atom stereocenters. The molecule has 1 rings (SSSR count). The van der Waals surface area contributed by atoms with Crippen molar-refractivity contribution >= 4 is 5.69 Å². The monoisotopic (exact) mass is 346 g/mol. The van der Waals surface area contributed by atoms with E-state index in [9.17, 15) is 0 Å².